The van der Waals surface area contributed by atoms with Crippen LogP contribution in [0.3, 0.4) is 0 Å². The molecule has 3 rings (SSSR count). The molecule has 1 heterocycles. The second-order valence-electron chi connectivity index (χ2n) is 4.87. The van der Waals surface area contributed by atoms with Crippen LogP contribution in [0.1, 0.15) is 0 Å². The first-order valence-corrected chi connectivity index (χ1v) is 8.04. The Hall–Kier alpha value is -1.83. The Morgan fingerprint density at radius 1 is 1.10 bits per heavy atom. The predicted molar refractivity (Wildman–Crippen MR) is 79.6 cm³/mol. The van der Waals surface area contributed by atoms with E-state index in [4.69, 9.17) is 10.5 Å². The van der Waals surface area contributed by atoms with Crippen molar-refractivity contribution in [1.82, 2.24) is 4.31 Å². The normalized spacial score (nSPS) is 17.1. The average molecular weight is 308 g/mol. The molecule has 0 bridgehead atoms. The number of ether oxygens (including phenoxy) is 1. The van der Waals surface area contributed by atoms with Crippen molar-refractivity contribution in [3.8, 4) is 5.75 Å². The standard InChI is InChI=1S/C14H16N2O4S/c15-12-3-1-2-11-10(12)4-5-13(14(11)17)21(18,19)16-6-8-20-9-7-16/h1-5,17H,6-9,15H2. The van der Waals surface area contributed by atoms with E-state index in [1.54, 1.807) is 24.3 Å². The Morgan fingerprint density at radius 2 is 1.81 bits per heavy atom. The Balaban J connectivity index is 2.14. The van der Waals surface area contributed by atoms with Crippen LogP contribution in [0.15, 0.2) is 35.2 Å². The first-order valence-electron chi connectivity index (χ1n) is 6.60. The highest BCUT2D eigenvalue weighted by Crippen LogP contribution is 2.35. The lowest BCUT2D eigenvalue weighted by molar-refractivity contribution is 0.0730. The van der Waals surface area contributed by atoms with Crippen molar-refractivity contribution in [3.63, 3.8) is 0 Å². The third-order valence-electron chi connectivity index (χ3n) is 3.62. The number of nitrogens with two attached hydrogens (primary N) is 1. The smallest absolute Gasteiger partial charge is 0.246 e. The molecule has 0 aliphatic carbocycles. The molecule has 1 aliphatic heterocycles. The molecule has 0 atom stereocenters. The van der Waals surface area contributed by atoms with Crippen LogP contribution < -0.4 is 5.73 Å². The van der Waals surface area contributed by atoms with Gasteiger partial charge in [0.05, 0.1) is 13.2 Å². The summed E-state index contributed by atoms with van der Waals surface area (Å²) < 4.78 is 31.7. The van der Waals surface area contributed by atoms with Gasteiger partial charge in [0.1, 0.15) is 10.6 Å². The molecule has 3 N–H and O–H groups in total. The van der Waals surface area contributed by atoms with E-state index < -0.39 is 10.0 Å². The molecule has 1 saturated heterocycles. The maximum atomic E-state index is 12.6. The van der Waals surface area contributed by atoms with Gasteiger partial charge in [-0.15, -0.1) is 0 Å². The lowest BCUT2D eigenvalue weighted by Gasteiger charge is -2.26. The van der Waals surface area contributed by atoms with Gasteiger partial charge in [0.2, 0.25) is 10.0 Å². The Morgan fingerprint density at radius 3 is 2.52 bits per heavy atom. The Bertz CT molecular complexity index is 783. The zero-order valence-electron chi connectivity index (χ0n) is 11.3. The van der Waals surface area contributed by atoms with E-state index in [1.807, 2.05) is 0 Å². The second kappa shape index (κ2) is 5.18. The molecule has 7 heteroatoms. The zero-order valence-corrected chi connectivity index (χ0v) is 12.1. The van der Waals surface area contributed by atoms with Crippen LogP contribution in [0.4, 0.5) is 5.69 Å². The van der Waals surface area contributed by atoms with Gasteiger partial charge in [0.15, 0.2) is 0 Å². The zero-order chi connectivity index (χ0) is 15.0. The molecule has 2 aromatic carbocycles. The molecular formula is C14H16N2O4S. The number of nitrogens with zero attached hydrogens (tertiary/aromatic N) is 1. The Kier molecular flexibility index (Phi) is 3.48. The first-order chi connectivity index (χ1) is 10.0. The van der Waals surface area contributed by atoms with Crippen LogP contribution >= 0.6 is 0 Å². The minimum absolute atomic E-state index is 0.0949. The van der Waals surface area contributed by atoms with Crippen molar-refractivity contribution in [2.75, 3.05) is 32.0 Å². The highest BCUT2D eigenvalue weighted by atomic mass is 32.2. The summed E-state index contributed by atoms with van der Waals surface area (Å²) in [7, 11) is -3.73. The summed E-state index contributed by atoms with van der Waals surface area (Å²) in [6.07, 6.45) is 0. The monoisotopic (exact) mass is 308 g/mol. The van der Waals surface area contributed by atoms with Crippen molar-refractivity contribution >= 4 is 26.5 Å². The summed E-state index contributed by atoms with van der Waals surface area (Å²) >= 11 is 0. The number of nitrogen functional groups attached to an aromatic ring is 1. The molecule has 0 spiro atoms. The van der Waals surface area contributed by atoms with Crippen LogP contribution in [0.5, 0.6) is 5.75 Å². The number of hydrogen-bond acceptors (Lipinski definition) is 5. The van der Waals surface area contributed by atoms with E-state index in [9.17, 15) is 13.5 Å². The third-order valence-corrected chi connectivity index (χ3v) is 5.55. The molecule has 1 aliphatic rings. The molecule has 2 aromatic rings. The summed E-state index contributed by atoms with van der Waals surface area (Å²) in [6.45, 7) is 1.30. The maximum absolute atomic E-state index is 12.6. The van der Waals surface area contributed by atoms with Gasteiger partial charge in [-0.05, 0) is 12.1 Å². The van der Waals surface area contributed by atoms with Gasteiger partial charge >= 0.3 is 0 Å². The summed E-state index contributed by atoms with van der Waals surface area (Å²) in [6, 6.07) is 8.07. The highest BCUT2D eigenvalue weighted by molar-refractivity contribution is 7.89. The molecule has 0 unspecified atom stereocenters. The molecule has 1 fully saturated rings. The van der Waals surface area contributed by atoms with Gasteiger partial charge in [0, 0.05) is 29.5 Å². The van der Waals surface area contributed by atoms with Gasteiger partial charge in [-0.25, -0.2) is 8.42 Å². The van der Waals surface area contributed by atoms with Crippen LogP contribution in [0, 0.1) is 0 Å². The van der Waals surface area contributed by atoms with Gasteiger partial charge in [-0.3, -0.25) is 0 Å². The number of phenols is 1. The van der Waals surface area contributed by atoms with Crippen molar-refractivity contribution in [1.29, 1.82) is 0 Å². The quantitative estimate of drug-likeness (QED) is 0.812. The van der Waals surface area contributed by atoms with Crippen LogP contribution in [-0.4, -0.2) is 44.1 Å². The lowest BCUT2D eigenvalue weighted by Crippen LogP contribution is -2.40. The van der Waals surface area contributed by atoms with E-state index in [0.29, 0.717) is 29.7 Å². The fourth-order valence-corrected chi connectivity index (χ4v) is 3.98. The summed E-state index contributed by atoms with van der Waals surface area (Å²) in [5.74, 6) is -0.258. The van der Waals surface area contributed by atoms with E-state index in [2.05, 4.69) is 0 Å². The predicted octanol–water partition coefficient (Wildman–Crippen LogP) is 1.15. The van der Waals surface area contributed by atoms with Crippen LogP contribution in [0.2, 0.25) is 0 Å². The van der Waals surface area contributed by atoms with Gasteiger partial charge in [-0.1, -0.05) is 18.2 Å². The SMILES string of the molecule is Nc1cccc2c(O)c(S(=O)(=O)N3CCOCC3)ccc12. The fraction of sp³-hybridized carbons (Fsp3) is 0.286. The number of anilines is 1. The third kappa shape index (κ3) is 2.33. The Labute approximate surface area is 122 Å². The maximum Gasteiger partial charge on any atom is 0.246 e. The minimum Gasteiger partial charge on any atom is -0.506 e. The number of rotatable bonds is 2. The molecule has 21 heavy (non-hydrogen) atoms. The summed E-state index contributed by atoms with van der Waals surface area (Å²) in [5.41, 5.74) is 6.34. The fourth-order valence-electron chi connectivity index (χ4n) is 2.48. The van der Waals surface area contributed by atoms with E-state index in [1.165, 1.54) is 10.4 Å². The van der Waals surface area contributed by atoms with E-state index in [0.717, 1.165) is 0 Å². The van der Waals surface area contributed by atoms with E-state index >= 15 is 0 Å². The number of benzene rings is 2. The average Bonchev–Trinajstić information content (AvgIpc) is 2.49. The molecule has 0 amide bonds. The van der Waals surface area contributed by atoms with Gasteiger partial charge in [-0.2, -0.15) is 4.31 Å². The van der Waals surface area contributed by atoms with Gasteiger partial charge < -0.3 is 15.6 Å². The number of aromatic hydroxyl groups is 1. The molecule has 112 valence electrons. The van der Waals surface area contributed by atoms with Crippen LogP contribution in [-0.2, 0) is 14.8 Å². The first kappa shape index (κ1) is 14.1. The number of phenolic OH excluding ortho intramolecular Hbond substituents is 1. The molecule has 0 aromatic heterocycles. The minimum atomic E-state index is -3.73. The lowest BCUT2D eigenvalue weighted by atomic mass is 10.1. The van der Waals surface area contributed by atoms with E-state index in [-0.39, 0.29) is 23.7 Å². The van der Waals surface area contributed by atoms with Crippen molar-refractivity contribution in [3.05, 3.63) is 30.3 Å². The number of morpholine rings is 1. The number of sulfonamides is 1. The topological polar surface area (TPSA) is 92.9 Å². The molecule has 0 radical (unpaired) electrons. The van der Waals surface area contributed by atoms with Crippen molar-refractivity contribution in [2.45, 2.75) is 4.90 Å². The number of hydrogen-bond donors (Lipinski definition) is 2. The molecule has 6 nitrogen and oxygen atoms in total. The van der Waals surface area contributed by atoms with Crippen LogP contribution in [0.25, 0.3) is 10.8 Å². The largest absolute Gasteiger partial charge is 0.506 e. The number of fused-ring (bicyclic) bond motifs is 1. The van der Waals surface area contributed by atoms with Gasteiger partial charge in [0.25, 0.3) is 0 Å². The second-order valence-corrected chi connectivity index (χ2v) is 6.78. The van der Waals surface area contributed by atoms with Crippen molar-refractivity contribution < 1.29 is 18.3 Å². The molecule has 0 saturated carbocycles. The summed E-state index contributed by atoms with van der Waals surface area (Å²) in [5, 5.41) is 11.4. The summed E-state index contributed by atoms with van der Waals surface area (Å²) in [4.78, 5) is -0.0949. The molecular weight excluding hydrogens is 292 g/mol. The highest BCUT2D eigenvalue weighted by Gasteiger charge is 2.29. The van der Waals surface area contributed by atoms with Crippen molar-refractivity contribution in [2.24, 2.45) is 0 Å².